The quantitative estimate of drug-likeness (QED) is 0.0628. The fourth-order valence-electron chi connectivity index (χ4n) is 13.6. The predicted octanol–water partition coefficient (Wildman–Crippen LogP) is 26.0. The molecule has 0 N–H and O–H groups in total. The van der Waals surface area contributed by atoms with Gasteiger partial charge in [-0.15, -0.1) is 0 Å². The van der Waals surface area contributed by atoms with Crippen molar-refractivity contribution in [2.75, 3.05) is 34.3 Å². The van der Waals surface area contributed by atoms with Crippen LogP contribution >= 0.6 is 0 Å². The Balaban J connectivity index is 0.000000123. The van der Waals surface area contributed by atoms with E-state index >= 15 is 0 Å². The van der Waals surface area contributed by atoms with E-state index in [0.29, 0.717) is 0 Å². The normalized spacial score (nSPS) is 10.5. The molecule has 0 amide bonds. The Morgan fingerprint density at radius 1 is 0.116 bits per heavy atom. The minimum absolute atomic E-state index is 0.792. The van der Waals surface area contributed by atoms with Gasteiger partial charge >= 0.3 is 0 Å². The van der Waals surface area contributed by atoms with E-state index in [4.69, 9.17) is 0 Å². The molecule has 0 radical (unpaired) electrons. The summed E-state index contributed by atoms with van der Waals surface area (Å²) in [5.41, 5.74) is 13.7. The maximum absolute atomic E-state index is 4.59. The highest BCUT2D eigenvalue weighted by molar-refractivity contribution is 5.83. The SMILES string of the molecule is c1ccc(N(c2ccc(-c3ccc(N(c4ccccn4)c4ccccn4)cc3)cc2)c2ccccn2)nc1.c1ccc(N(c2ccc(N(c3ccccc3)c3ccccn3)cc2)c2ccccn2)cc1.c1ccc(N(c2ccccc2)c2ccc(N(c3cccnc3)c3ccccn3)cc2)cc1.c1ccc(N(c2ccccn2)c2ccccn2)nc1. The summed E-state index contributed by atoms with van der Waals surface area (Å²) in [6, 6.07) is 138. The molecule has 11 heterocycles. The Hall–Kier alpha value is -17.0. The predicted molar refractivity (Wildman–Crippen MR) is 490 cm³/mol. The summed E-state index contributed by atoms with van der Waals surface area (Å²) in [7, 11) is 0. The van der Waals surface area contributed by atoms with Gasteiger partial charge in [0.1, 0.15) is 58.2 Å². The number of pyridine rings is 11. The Morgan fingerprint density at radius 3 is 0.512 bits per heavy atom. The van der Waals surface area contributed by atoms with E-state index in [2.05, 4.69) is 244 Å². The number of nitrogens with zero attached hydrogens (tertiary/aromatic N) is 18. The number of hydrogen-bond acceptors (Lipinski definition) is 18. The summed E-state index contributed by atoms with van der Waals surface area (Å²) in [5.74, 6) is 8.21. The monoisotopic (exact) mass is 1570 g/mol. The molecule has 0 aliphatic heterocycles. The maximum Gasteiger partial charge on any atom is 0.139 e. The molecular formula is C103H80N18. The minimum Gasteiger partial charge on any atom is -0.311 e. The third-order valence-electron chi connectivity index (χ3n) is 19.1. The van der Waals surface area contributed by atoms with Crippen molar-refractivity contribution >= 4 is 121 Å². The molecule has 19 rings (SSSR count). The van der Waals surface area contributed by atoms with Crippen LogP contribution in [0.1, 0.15) is 0 Å². The van der Waals surface area contributed by atoms with Gasteiger partial charge in [0.25, 0.3) is 0 Å². The second-order valence-corrected chi connectivity index (χ2v) is 26.9. The van der Waals surface area contributed by atoms with Crippen molar-refractivity contribution in [1.82, 2.24) is 54.8 Å². The van der Waals surface area contributed by atoms with Crippen LogP contribution < -0.4 is 34.3 Å². The van der Waals surface area contributed by atoms with Gasteiger partial charge in [0.2, 0.25) is 0 Å². The molecule has 0 saturated carbocycles. The summed E-state index contributed by atoms with van der Waals surface area (Å²) in [5, 5.41) is 0. The molecule has 0 aliphatic carbocycles. The number of para-hydroxylation sites is 4. The van der Waals surface area contributed by atoms with Crippen molar-refractivity contribution in [3.05, 3.63) is 487 Å². The molecule has 582 valence electrons. The number of rotatable bonds is 22. The first-order valence-electron chi connectivity index (χ1n) is 39.3. The zero-order valence-corrected chi connectivity index (χ0v) is 65.7. The number of aromatic nitrogens is 11. The van der Waals surface area contributed by atoms with Crippen LogP contribution in [0, 0.1) is 0 Å². The van der Waals surface area contributed by atoms with Gasteiger partial charge in [0, 0.05) is 125 Å². The van der Waals surface area contributed by atoms with Crippen molar-refractivity contribution in [2.45, 2.75) is 0 Å². The minimum atomic E-state index is 0.792. The molecule has 0 spiro atoms. The average molecular weight is 1570 g/mol. The molecule has 19 aromatic rings. The van der Waals surface area contributed by atoms with E-state index in [0.717, 1.165) is 132 Å². The summed E-state index contributed by atoms with van der Waals surface area (Å²) < 4.78 is 0. The van der Waals surface area contributed by atoms with Crippen molar-refractivity contribution in [2.24, 2.45) is 0 Å². The smallest absolute Gasteiger partial charge is 0.139 e. The molecule has 0 bridgehead atoms. The highest BCUT2D eigenvalue weighted by Gasteiger charge is 2.22. The van der Waals surface area contributed by atoms with E-state index in [1.54, 1.807) is 55.8 Å². The lowest BCUT2D eigenvalue weighted by atomic mass is 10.0. The molecule has 0 aliphatic rings. The summed E-state index contributed by atoms with van der Waals surface area (Å²) in [4.78, 5) is 64.1. The molecule has 11 aromatic heterocycles. The topological polar surface area (TPSA) is 164 Å². The lowest BCUT2D eigenvalue weighted by Crippen LogP contribution is -2.13. The molecule has 18 nitrogen and oxygen atoms in total. The summed E-state index contributed by atoms with van der Waals surface area (Å²) in [6.45, 7) is 0. The second kappa shape index (κ2) is 39.8. The van der Waals surface area contributed by atoms with Gasteiger partial charge < -0.3 is 4.90 Å². The molecular weight excluding hydrogens is 1490 g/mol. The highest BCUT2D eigenvalue weighted by atomic mass is 15.3. The first-order valence-corrected chi connectivity index (χ1v) is 39.3. The van der Waals surface area contributed by atoms with Gasteiger partial charge in [-0.1, -0.05) is 158 Å². The molecule has 0 fully saturated rings. The number of hydrogen-bond donors (Lipinski definition) is 0. The van der Waals surface area contributed by atoms with Crippen LogP contribution in [0.5, 0.6) is 0 Å². The average Bonchev–Trinajstić information content (AvgIpc) is 0.783. The fourth-order valence-corrected chi connectivity index (χ4v) is 13.6. The fraction of sp³-hybridized carbons (Fsp3) is 0. The Labute approximate surface area is 703 Å². The molecule has 18 heteroatoms. The molecule has 0 unspecified atom stereocenters. The van der Waals surface area contributed by atoms with Gasteiger partial charge in [-0.25, -0.2) is 49.8 Å². The molecule has 0 saturated heterocycles. The van der Waals surface area contributed by atoms with E-state index in [-0.39, 0.29) is 0 Å². The van der Waals surface area contributed by atoms with Crippen molar-refractivity contribution in [1.29, 1.82) is 0 Å². The molecule has 0 atom stereocenters. The molecule has 121 heavy (non-hydrogen) atoms. The van der Waals surface area contributed by atoms with Gasteiger partial charge in [-0.2, -0.15) is 0 Å². The first-order chi connectivity index (χ1) is 60.1. The lowest BCUT2D eigenvalue weighted by molar-refractivity contribution is 1.08. The van der Waals surface area contributed by atoms with Crippen molar-refractivity contribution in [3.8, 4) is 11.1 Å². The van der Waals surface area contributed by atoms with Crippen LogP contribution in [-0.4, -0.2) is 54.8 Å². The van der Waals surface area contributed by atoms with Crippen molar-refractivity contribution in [3.63, 3.8) is 0 Å². The standard InChI is InChI=1S/C32H24N6.2C28H22N4.C15H12N4/c1-5-21-33-29(9-1)37(30-10-2-6-22-34-30)27-17-13-25(14-18-27)26-15-19-28(20-16-26)38(31-11-3-7-23-35-31)32-12-4-8-24-36-32;1-3-11-23(12-4-1)31(27-15-7-9-21-29-27)25-17-19-26(20-18-25)32(24-13-5-2-6-14-24)28-16-8-10-22-30-28;1-3-10-23(11-4-1)31(24-12-5-2-6-13-24)25-16-18-26(19-17-25)32(27-14-9-20-29-22-27)28-15-7-8-21-30-28;1-4-10-16-13(7-1)19(14-8-2-5-11-17-14)15-9-3-6-12-18-15/h1-24H;2*1-22H;1-12H. The van der Waals surface area contributed by atoms with Crippen LogP contribution in [-0.2, 0) is 0 Å². The Kier molecular flexibility index (Phi) is 25.7. The first kappa shape index (κ1) is 77.9. The van der Waals surface area contributed by atoms with Gasteiger partial charge in [-0.3, -0.25) is 34.4 Å². The van der Waals surface area contributed by atoms with E-state index in [9.17, 15) is 0 Å². The Bertz CT molecular complexity index is 5340. The second-order valence-electron chi connectivity index (χ2n) is 26.9. The summed E-state index contributed by atoms with van der Waals surface area (Å²) in [6.07, 6.45) is 21.5. The third kappa shape index (κ3) is 19.7. The number of benzene rings is 8. The summed E-state index contributed by atoms with van der Waals surface area (Å²) >= 11 is 0. The Morgan fingerprint density at radius 2 is 0.289 bits per heavy atom. The van der Waals surface area contributed by atoms with Gasteiger partial charge in [0.15, 0.2) is 0 Å². The van der Waals surface area contributed by atoms with E-state index in [1.165, 1.54) is 0 Å². The highest BCUT2D eigenvalue weighted by Crippen LogP contribution is 2.42. The number of anilines is 21. The van der Waals surface area contributed by atoms with E-state index < -0.39 is 0 Å². The zero-order valence-electron chi connectivity index (χ0n) is 65.7. The third-order valence-corrected chi connectivity index (χ3v) is 19.1. The lowest BCUT2D eigenvalue weighted by Gasteiger charge is -2.27. The maximum atomic E-state index is 4.59. The molecule has 8 aromatic carbocycles. The largest absolute Gasteiger partial charge is 0.311 e. The van der Waals surface area contributed by atoms with Crippen molar-refractivity contribution < 1.29 is 0 Å². The van der Waals surface area contributed by atoms with E-state index in [1.807, 2.05) is 276 Å². The zero-order chi connectivity index (χ0) is 81.7. The van der Waals surface area contributed by atoms with Crippen LogP contribution in [0.15, 0.2) is 487 Å². The van der Waals surface area contributed by atoms with Crippen LogP contribution in [0.25, 0.3) is 11.1 Å². The van der Waals surface area contributed by atoms with Gasteiger partial charge in [0.05, 0.1) is 11.9 Å². The van der Waals surface area contributed by atoms with Crippen LogP contribution in [0.4, 0.5) is 121 Å². The van der Waals surface area contributed by atoms with Gasteiger partial charge in [-0.05, 0) is 266 Å². The van der Waals surface area contributed by atoms with Crippen LogP contribution in [0.2, 0.25) is 0 Å². The van der Waals surface area contributed by atoms with Crippen LogP contribution in [0.3, 0.4) is 0 Å².